The summed E-state index contributed by atoms with van der Waals surface area (Å²) in [6.07, 6.45) is 4.80. The number of aromatic amines is 1. The Hall–Kier alpha value is -1.82. The number of hydrogen-bond acceptors (Lipinski definition) is 4. The van der Waals surface area contributed by atoms with E-state index in [9.17, 15) is 9.59 Å². The number of carbonyl (C=O) groups excluding carboxylic acids is 1. The Morgan fingerprint density at radius 1 is 1.32 bits per heavy atom. The first-order valence-corrected chi connectivity index (χ1v) is 10.8. The molecule has 2 aromatic rings. The topological polar surface area (TPSA) is 70.2 Å². The largest absolute Gasteiger partial charge is 0.396 e. The Labute approximate surface area is 174 Å². The minimum atomic E-state index is -0.117. The zero-order valence-corrected chi connectivity index (χ0v) is 17.4. The number of H-pyrrole nitrogens is 1. The van der Waals surface area contributed by atoms with Crippen LogP contribution in [0.25, 0.3) is 5.57 Å². The van der Waals surface area contributed by atoms with Crippen molar-refractivity contribution in [2.24, 2.45) is 5.92 Å². The van der Waals surface area contributed by atoms with Gasteiger partial charge in [-0.25, -0.2) is 0 Å². The van der Waals surface area contributed by atoms with Gasteiger partial charge in [0.1, 0.15) is 5.78 Å². The molecule has 1 aliphatic rings. The van der Waals surface area contributed by atoms with E-state index in [0.717, 1.165) is 33.9 Å². The molecule has 0 aliphatic heterocycles. The maximum absolute atomic E-state index is 12.1. The Morgan fingerprint density at radius 2 is 2.14 bits per heavy atom. The van der Waals surface area contributed by atoms with E-state index in [1.165, 1.54) is 0 Å². The van der Waals surface area contributed by atoms with Crippen LogP contribution in [0.3, 0.4) is 0 Å². The van der Waals surface area contributed by atoms with Crippen molar-refractivity contribution in [3.63, 3.8) is 0 Å². The van der Waals surface area contributed by atoms with Crippen LogP contribution in [0.1, 0.15) is 42.5 Å². The SMILES string of the molecule is Cc1ccc(C(=C[C@H]2CCC(=O)C2)c2ccc(SCCCO)c(Cl)c2)[nH]c1=O. The number of aromatic nitrogens is 1. The number of Topliss-reactive ketones (excluding diaryl/α,β-unsaturated/α-hetero) is 1. The summed E-state index contributed by atoms with van der Waals surface area (Å²) in [4.78, 5) is 27.8. The maximum atomic E-state index is 12.1. The van der Waals surface area contributed by atoms with E-state index in [-0.39, 0.29) is 23.9 Å². The highest BCUT2D eigenvalue weighted by Gasteiger charge is 2.22. The molecule has 1 aromatic carbocycles. The first-order chi connectivity index (χ1) is 13.5. The predicted molar refractivity (Wildman–Crippen MR) is 115 cm³/mol. The fraction of sp³-hybridized carbons (Fsp3) is 0.364. The number of thioether (sulfide) groups is 1. The number of aryl methyl sites for hydroxylation is 1. The number of aliphatic hydroxyl groups is 1. The number of aliphatic hydroxyl groups excluding tert-OH is 1. The summed E-state index contributed by atoms with van der Waals surface area (Å²) in [7, 11) is 0. The molecule has 0 bridgehead atoms. The molecule has 28 heavy (non-hydrogen) atoms. The molecule has 0 radical (unpaired) electrons. The van der Waals surface area contributed by atoms with Crippen LogP contribution in [0.2, 0.25) is 5.02 Å². The highest BCUT2D eigenvalue weighted by molar-refractivity contribution is 7.99. The quantitative estimate of drug-likeness (QED) is 0.509. The van der Waals surface area contributed by atoms with Crippen LogP contribution in [0.15, 0.2) is 46.1 Å². The second-order valence-electron chi connectivity index (χ2n) is 7.08. The number of pyridine rings is 1. The summed E-state index contributed by atoms with van der Waals surface area (Å²) in [6, 6.07) is 9.58. The van der Waals surface area contributed by atoms with Gasteiger partial charge in [0.25, 0.3) is 5.56 Å². The van der Waals surface area contributed by atoms with Crippen LogP contribution in [0.4, 0.5) is 0 Å². The Kier molecular flexibility index (Phi) is 7.16. The smallest absolute Gasteiger partial charge is 0.251 e. The number of benzene rings is 1. The minimum Gasteiger partial charge on any atom is -0.396 e. The monoisotopic (exact) mass is 417 g/mol. The van der Waals surface area contributed by atoms with Crippen LogP contribution < -0.4 is 5.56 Å². The standard InChI is InChI=1S/C22H24ClNO3S/c1-14-3-7-20(24-22(14)27)18(12-15-4-6-17(26)11-15)16-5-8-21(19(23)13-16)28-10-2-9-25/h3,5,7-8,12-13,15,25H,2,4,6,9-11H2,1H3,(H,24,27)/t15-/m0/s1. The van der Waals surface area contributed by atoms with Crippen molar-refractivity contribution < 1.29 is 9.90 Å². The fourth-order valence-electron chi connectivity index (χ4n) is 3.30. The normalized spacial score (nSPS) is 17.3. The molecule has 1 aromatic heterocycles. The van der Waals surface area contributed by atoms with Gasteiger partial charge in [-0.05, 0) is 49.4 Å². The van der Waals surface area contributed by atoms with Gasteiger partial charge >= 0.3 is 0 Å². The maximum Gasteiger partial charge on any atom is 0.251 e. The zero-order chi connectivity index (χ0) is 20.1. The van der Waals surface area contributed by atoms with Crippen molar-refractivity contribution in [2.75, 3.05) is 12.4 Å². The number of carbonyl (C=O) groups is 1. The first-order valence-electron chi connectivity index (χ1n) is 9.45. The average molecular weight is 418 g/mol. The molecule has 4 nitrogen and oxygen atoms in total. The number of allylic oxidation sites excluding steroid dienone is 1. The van der Waals surface area contributed by atoms with Crippen LogP contribution in [0.5, 0.6) is 0 Å². The van der Waals surface area contributed by atoms with Crippen molar-refractivity contribution in [2.45, 2.75) is 37.5 Å². The summed E-state index contributed by atoms with van der Waals surface area (Å²) in [5, 5.41) is 9.59. The number of ketones is 1. The highest BCUT2D eigenvalue weighted by atomic mass is 35.5. The number of rotatable bonds is 7. The molecule has 148 valence electrons. The van der Waals surface area contributed by atoms with E-state index in [0.29, 0.717) is 29.8 Å². The van der Waals surface area contributed by atoms with Gasteiger partial charge in [0, 0.05) is 46.9 Å². The molecule has 1 aliphatic carbocycles. The van der Waals surface area contributed by atoms with Gasteiger partial charge in [-0.15, -0.1) is 11.8 Å². The summed E-state index contributed by atoms with van der Waals surface area (Å²) in [5.74, 6) is 1.25. The predicted octanol–water partition coefficient (Wildman–Crippen LogP) is 4.61. The third kappa shape index (κ3) is 5.16. The molecule has 1 saturated carbocycles. The van der Waals surface area contributed by atoms with Crippen LogP contribution in [0, 0.1) is 12.8 Å². The lowest BCUT2D eigenvalue weighted by atomic mass is 9.96. The molecular formula is C22H24ClNO3S. The van der Waals surface area contributed by atoms with Crippen molar-refractivity contribution in [3.8, 4) is 0 Å². The Bertz CT molecular complexity index is 951. The summed E-state index contributed by atoms with van der Waals surface area (Å²) in [5.41, 5.74) is 3.08. The molecule has 1 heterocycles. The molecule has 0 spiro atoms. The Morgan fingerprint density at radius 3 is 2.79 bits per heavy atom. The van der Waals surface area contributed by atoms with Gasteiger partial charge in [0.15, 0.2) is 0 Å². The number of nitrogens with one attached hydrogen (secondary N) is 1. The first kappa shape index (κ1) is 20.9. The lowest BCUT2D eigenvalue weighted by Crippen LogP contribution is -2.11. The van der Waals surface area contributed by atoms with Gasteiger partial charge < -0.3 is 10.1 Å². The summed E-state index contributed by atoms with van der Waals surface area (Å²) >= 11 is 8.11. The average Bonchev–Trinajstić information content (AvgIpc) is 3.08. The summed E-state index contributed by atoms with van der Waals surface area (Å²) < 4.78 is 0. The third-order valence-corrected chi connectivity index (χ3v) is 6.47. The molecule has 2 N–H and O–H groups in total. The van der Waals surface area contributed by atoms with Gasteiger partial charge in [-0.2, -0.15) is 0 Å². The second kappa shape index (κ2) is 9.59. The van der Waals surface area contributed by atoms with Gasteiger partial charge in [-0.1, -0.05) is 29.8 Å². The zero-order valence-electron chi connectivity index (χ0n) is 15.8. The molecule has 1 atom stereocenters. The van der Waals surface area contributed by atoms with Crippen LogP contribution >= 0.6 is 23.4 Å². The number of halogens is 1. The van der Waals surface area contributed by atoms with Gasteiger partial charge in [-0.3, -0.25) is 9.59 Å². The molecular weight excluding hydrogens is 394 g/mol. The molecule has 0 saturated heterocycles. The van der Waals surface area contributed by atoms with Gasteiger partial charge in [0.05, 0.1) is 5.02 Å². The van der Waals surface area contributed by atoms with Crippen molar-refractivity contribution in [1.29, 1.82) is 0 Å². The molecule has 1 fully saturated rings. The van der Waals surface area contributed by atoms with Crippen LogP contribution in [-0.4, -0.2) is 28.2 Å². The van der Waals surface area contributed by atoms with E-state index >= 15 is 0 Å². The van der Waals surface area contributed by atoms with E-state index in [1.54, 1.807) is 18.7 Å². The third-order valence-electron chi connectivity index (χ3n) is 4.89. The molecule has 6 heteroatoms. The number of hydrogen-bond donors (Lipinski definition) is 2. The highest BCUT2D eigenvalue weighted by Crippen LogP contribution is 2.34. The van der Waals surface area contributed by atoms with E-state index < -0.39 is 0 Å². The van der Waals surface area contributed by atoms with Gasteiger partial charge in [0.2, 0.25) is 0 Å². The lowest BCUT2D eigenvalue weighted by Gasteiger charge is -2.13. The summed E-state index contributed by atoms with van der Waals surface area (Å²) in [6.45, 7) is 1.94. The van der Waals surface area contributed by atoms with E-state index in [2.05, 4.69) is 11.1 Å². The second-order valence-corrected chi connectivity index (χ2v) is 8.62. The van der Waals surface area contributed by atoms with Crippen molar-refractivity contribution in [1.82, 2.24) is 4.98 Å². The minimum absolute atomic E-state index is 0.117. The fourth-order valence-corrected chi connectivity index (χ4v) is 4.50. The van der Waals surface area contributed by atoms with Crippen molar-refractivity contribution >= 4 is 34.7 Å². The van der Waals surface area contributed by atoms with Crippen LogP contribution in [-0.2, 0) is 4.79 Å². The Balaban J connectivity index is 1.97. The molecule has 3 rings (SSSR count). The lowest BCUT2D eigenvalue weighted by molar-refractivity contribution is -0.117. The molecule has 0 unspecified atom stereocenters. The molecule has 0 amide bonds. The van der Waals surface area contributed by atoms with E-state index in [1.807, 2.05) is 30.3 Å². The van der Waals surface area contributed by atoms with E-state index in [4.69, 9.17) is 16.7 Å². The van der Waals surface area contributed by atoms with Crippen molar-refractivity contribution in [3.05, 3.63) is 68.6 Å².